The van der Waals surface area contributed by atoms with Crippen LogP contribution in [0, 0.1) is 5.82 Å². The van der Waals surface area contributed by atoms with Crippen LogP contribution in [0.1, 0.15) is 11.3 Å². The molecule has 3 aromatic rings. The van der Waals surface area contributed by atoms with E-state index in [4.69, 9.17) is 11.6 Å². The summed E-state index contributed by atoms with van der Waals surface area (Å²) in [5.41, 5.74) is 3.20. The Bertz CT molecular complexity index is 685. The largest absolute Gasteiger partial charge is 0.358 e. The Kier molecular flexibility index (Phi) is 2.80. The van der Waals surface area contributed by atoms with Crippen LogP contribution in [-0.2, 0) is 6.42 Å². The van der Waals surface area contributed by atoms with Crippen molar-refractivity contribution in [3.05, 3.63) is 70.6 Å². The second-order valence-electron chi connectivity index (χ2n) is 4.33. The first-order chi connectivity index (χ1) is 8.70. The number of fused-ring (bicyclic) bond motifs is 1. The SMILES string of the molecule is Fc1ccc(Cc2cc3ccc(Cl)cc3[nH]2)cc1. The minimum absolute atomic E-state index is 0.206. The van der Waals surface area contributed by atoms with E-state index in [1.807, 2.05) is 18.2 Å². The van der Waals surface area contributed by atoms with Crippen molar-refractivity contribution in [2.24, 2.45) is 0 Å². The van der Waals surface area contributed by atoms with Gasteiger partial charge < -0.3 is 4.98 Å². The van der Waals surface area contributed by atoms with E-state index in [1.165, 1.54) is 12.1 Å². The normalized spacial score (nSPS) is 11.0. The molecule has 0 amide bonds. The Balaban J connectivity index is 1.92. The molecule has 0 unspecified atom stereocenters. The highest BCUT2D eigenvalue weighted by Crippen LogP contribution is 2.21. The Hall–Kier alpha value is -1.80. The monoisotopic (exact) mass is 259 g/mol. The summed E-state index contributed by atoms with van der Waals surface area (Å²) < 4.78 is 12.8. The van der Waals surface area contributed by atoms with Crippen molar-refractivity contribution in [3.63, 3.8) is 0 Å². The Morgan fingerprint density at radius 3 is 2.56 bits per heavy atom. The van der Waals surface area contributed by atoms with Crippen molar-refractivity contribution < 1.29 is 4.39 Å². The quantitative estimate of drug-likeness (QED) is 0.695. The maximum atomic E-state index is 12.8. The second kappa shape index (κ2) is 4.46. The zero-order valence-electron chi connectivity index (χ0n) is 9.58. The van der Waals surface area contributed by atoms with Crippen molar-refractivity contribution in [3.8, 4) is 0 Å². The number of nitrogens with one attached hydrogen (secondary N) is 1. The molecule has 0 aliphatic rings. The topological polar surface area (TPSA) is 15.8 Å². The van der Waals surface area contributed by atoms with E-state index in [0.717, 1.165) is 33.6 Å². The first-order valence-corrected chi connectivity index (χ1v) is 6.10. The average molecular weight is 260 g/mol. The highest BCUT2D eigenvalue weighted by atomic mass is 35.5. The lowest BCUT2D eigenvalue weighted by Crippen LogP contribution is -1.87. The molecule has 0 saturated carbocycles. The minimum atomic E-state index is -0.206. The van der Waals surface area contributed by atoms with Gasteiger partial charge in [0.15, 0.2) is 0 Å². The lowest BCUT2D eigenvalue weighted by atomic mass is 10.1. The molecule has 2 aromatic carbocycles. The molecule has 18 heavy (non-hydrogen) atoms. The van der Waals surface area contributed by atoms with Gasteiger partial charge in [0.1, 0.15) is 5.82 Å². The van der Waals surface area contributed by atoms with Crippen molar-refractivity contribution in [1.82, 2.24) is 4.98 Å². The third-order valence-electron chi connectivity index (χ3n) is 2.95. The highest BCUT2D eigenvalue weighted by Gasteiger charge is 2.03. The molecule has 0 fully saturated rings. The van der Waals surface area contributed by atoms with E-state index >= 15 is 0 Å². The number of H-pyrrole nitrogens is 1. The molecular weight excluding hydrogens is 249 g/mol. The summed E-state index contributed by atoms with van der Waals surface area (Å²) in [7, 11) is 0. The average Bonchev–Trinajstić information content (AvgIpc) is 2.73. The van der Waals surface area contributed by atoms with Gasteiger partial charge in [0.25, 0.3) is 0 Å². The summed E-state index contributed by atoms with van der Waals surface area (Å²) in [6.07, 6.45) is 0.757. The summed E-state index contributed by atoms with van der Waals surface area (Å²) in [4.78, 5) is 3.32. The maximum absolute atomic E-state index is 12.8. The van der Waals surface area contributed by atoms with E-state index in [2.05, 4.69) is 11.1 Å². The molecule has 0 radical (unpaired) electrons. The number of hydrogen-bond acceptors (Lipinski definition) is 0. The first kappa shape index (κ1) is 11.3. The molecule has 3 rings (SSSR count). The maximum Gasteiger partial charge on any atom is 0.123 e. The summed E-state index contributed by atoms with van der Waals surface area (Å²) in [5.74, 6) is -0.206. The molecule has 0 spiro atoms. The van der Waals surface area contributed by atoms with E-state index in [-0.39, 0.29) is 5.82 Å². The van der Waals surface area contributed by atoms with Crippen molar-refractivity contribution in [2.75, 3.05) is 0 Å². The molecule has 0 aliphatic carbocycles. The van der Waals surface area contributed by atoms with Gasteiger partial charge in [-0.05, 0) is 41.3 Å². The number of aromatic amines is 1. The van der Waals surface area contributed by atoms with E-state index in [1.54, 1.807) is 12.1 Å². The molecule has 0 bridgehead atoms. The molecule has 1 heterocycles. The van der Waals surface area contributed by atoms with Gasteiger partial charge in [-0.1, -0.05) is 29.8 Å². The van der Waals surface area contributed by atoms with Crippen molar-refractivity contribution >= 4 is 22.5 Å². The van der Waals surface area contributed by atoms with Crippen LogP contribution < -0.4 is 0 Å². The van der Waals surface area contributed by atoms with Gasteiger partial charge in [-0.25, -0.2) is 4.39 Å². The molecule has 0 saturated heterocycles. The molecule has 1 nitrogen and oxygen atoms in total. The fourth-order valence-corrected chi connectivity index (χ4v) is 2.25. The van der Waals surface area contributed by atoms with Crippen LogP contribution in [0.2, 0.25) is 5.02 Å². The fourth-order valence-electron chi connectivity index (χ4n) is 2.08. The van der Waals surface area contributed by atoms with Gasteiger partial charge in [-0.2, -0.15) is 0 Å². The zero-order chi connectivity index (χ0) is 12.5. The first-order valence-electron chi connectivity index (χ1n) is 5.72. The standard InChI is InChI=1S/C15H11ClFN/c16-12-4-3-11-8-14(18-15(11)9-12)7-10-1-5-13(17)6-2-10/h1-6,8-9,18H,7H2. The number of benzene rings is 2. The van der Waals surface area contributed by atoms with E-state index < -0.39 is 0 Å². The van der Waals surface area contributed by atoms with Crippen LogP contribution in [0.25, 0.3) is 10.9 Å². The minimum Gasteiger partial charge on any atom is -0.358 e. The van der Waals surface area contributed by atoms with Crippen molar-refractivity contribution in [1.29, 1.82) is 0 Å². The molecule has 0 atom stereocenters. The zero-order valence-corrected chi connectivity index (χ0v) is 10.3. The van der Waals surface area contributed by atoms with Gasteiger partial charge in [0, 0.05) is 22.7 Å². The predicted octanol–water partition coefficient (Wildman–Crippen LogP) is 4.55. The Morgan fingerprint density at radius 2 is 1.78 bits per heavy atom. The molecule has 1 N–H and O–H groups in total. The summed E-state index contributed by atoms with van der Waals surface area (Å²) >= 11 is 5.94. The summed E-state index contributed by atoms with van der Waals surface area (Å²) in [6.45, 7) is 0. The fraction of sp³-hybridized carbons (Fsp3) is 0.0667. The number of hydrogen-bond donors (Lipinski definition) is 1. The van der Waals surface area contributed by atoms with Crippen molar-refractivity contribution in [2.45, 2.75) is 6.42 Å². The molecule has 0 aliphatic heterocycles. The van der Waals surface area contributed by atoms with E-state index in [0.29, 0.717) is 0 Å². The van der Waals surface area contributed by atoms with Crippen LogP contribution in [0.5, 0.6) is 0 Å². The van der Waals surface area contributed by atoms with Gasteiger partial charge >= 0.3 is 0 Å². The van der Waals surface area contributed by atoms with Gasteiger partial charge in [0.2, 0.25) is 0 Å². The highest BCUT2D eigenvalue weighted by molar-refractivity contribution is 6.31. The van der Waals surface area contributed by atoms with Crippen LogP contribution >= 0.6 is 11.6 Å². The molecular formula is C15H11ClFN. The third-order valence-corrected chi connectivity index (χ3v) is 3.18. The van der Waals surface area contributed by atoms with E-state index in [9.17, 15) is 4.39 Å². The van der Waals surface area contributed by atoms with Crippen LogP contribution in [0.15, 0.2) is 48.5 Å². The molecule has 90 valence electrons. The molecule has 1 aromatic heterocycles. The van der Waals surface area contributed by atoms with Crippen LogP contribution in [0.4, 0.5) is 4.39 Å². The Morgan fingerprint density at radius 1 is 1.00 bits per heavy atom. The number of halogens is 2. The Labute approximate surface area is 109 Å². The third kappa shape index (κ3) is 2.24. The molecule has 3 heteroatoms. The predicted molar refractivity (Wildman–Crippen MR) is 72.5 cm³/mol. The smallest absolute Gasteiger partial charge is 0.123 e. The lowest BCUT2D eigenvalue weighted by molar-refractivity contribution is 0.627. The second-order valence-corrected chi connectivity index (χ2v) is 4.77. The lowest BCUT2D eigenvalue weighted by Gasteiger charge is -1.98. The number of rotatable bonds is 2. The summed E-state index contributed by atoms with van der Waals surface area (Å²) in [6, 6.07) is 14.4. The van der Waals surface area contributed by atoms with Crippen LogP contribution in [0.3, 0.4) is 0 Å². The summed E-state index contributed by atoms with van der Waals surface area (Å²) in [5, 5.41) is 1.86. The van der Waals surface area contributed by atoms with Crippen LogP contribution in [-0.4, -0.2) is 4.98 Å². The van der Waals surface area contributed by atoms with Gasteiger partial charge in [-0.15, -0.1) is 0 Å². The van der Waals surface area contributed by atoms with Gasteiger partial charge in [-0.3, -0.25) is 0 Å². The number of aromatic nitrogens is 1. The van der Waals surface area contributed by atoms with Gasteiger partial charge in [0.05, 0.1) is 0 Å².